The Morgan fingerprint density at radius 3 is 2.84 bits per heavy atom. The van der Waals surface area contributed by atoms with Crippen LogP contribution in [-0.4, -0.2) is 9.59 Å². The molecule has 1 unspecified atom stereocenters. The van der Waals surface area contributed by atoms with Crippen molar-refractivity contribution in [3.8, 4) is 0 Å². The maximum atomic E-state index is 5.75. The van der Waals surface area contributed by atoms with Gasteiger partial charge in [0.15, 0.2) is 0 Å². The van der Waals surface area contributed by atoms with Crippen molar-refractivity contribution in [2.75, 3.05) is 0 Å². The van der Waals surface area contributed by atoms with Gasteiger partial charge in [-0.3, -0.25) is 11.3 Å². The smallest absolute Gasteiger partial charge is 0.0804 e. The Bertz CT molecular complexity index is 360. The van der Waals surface area contributed by atoms with Crippen LogP contribution < -0.4 is 11.3 Å². The number of nitrogens with one attached hydrogen (secondary N) is 1. The zero-order valence-corrected chi connectivity index (χ0v) is 12.7. The van der Waals surface area contributed by atoms with Crippen LogP contribution in [0, 0.1) is 5.92 Å². The fourth-order valence-electron chi connectivity index (χ4n) is 3.06. The van der Waals surface area contributed by atoms with Gasteiger partial charge < -0.3 is 0 Å². The van der Waals surface area contributed by atoms with E-state index in [0.29, 0.717) is 0 Å². The fourth-order valence-corrected chi connectivity index (χ4v) is 3.85. The van der Waals surface area contributed by atoms with Crippen molar-refractivity contribution in [3.63, 3.8) is 0 Å². The molecule has 4 nitrogen and oxygen atoms in total. The van der Waals surface area contributed by atoms with Gasteiger partial charge in [-0.1, -0.05) is 49.9 Å². The summed E-state index contributed by atoms with van der Waals surface area (Å²) in [5.41, 5.74) is 4.11. The summed E-state index contributed by atoms with van der Waals surface area (Å²) in [7, 11) is 0. The van der Waals surface area contributed by atoms with Crippen molar-refractivity contribution < 1.29 is 0 Å². The third kappa shape index (κ3) is 4.23. The highest BCUT2D eigenvalue weighted by Crippen LogP contribution is 2.31. The Morgan fingerprint density at radius 1 is 1.37 bits per heavy atom. The maximum Gasteiger partial charge on any atom is 0.0804 e. The highest BCUT2D eigenvalue weighted by Gasteiger charge is 2.20. The molecular formula is C14H26N4S. The standard InChI is InChI=1S/C14H26N4S/c1-2-6-13-14(19-18-17-13)12(16-15)10-9-11-7-4-3-5-8-11/h11-12,16H,2-10,15H2,1H3. The Hall–Kier alpha value is -0.520. The highest BCUT2D eigenvalue weighted by molar-refractivity contribution is 7.05. The molecule has 1 atom stereocenters. The number of aryl methyl sites for hydroxylation is 1. The number of nitrogens with two attached hydrogens (primary N) is 1. The van der Waals surface area contributed by atoms with Crippen LogP contribution in [0.3, 0.4) is 0 Å². The Labute approximate surface area is 120 Å². The van der Waals surface area contributed by atoms with Gasteiger partial charge in [0.1, 0.15) is 0 Å². The molecule has 0 aliphatic heterocycles. The second-order valence-corrected chi connectivity index (χ2v) is 6.42. The number of hydrazine groups is 1. The maximum absolute atomic E-state index is 5.75. The van der Waals surface area contributed by atoms with Gasteiger partial charge in [-0.2, -0.15) is 0 Å². The number of hydrogen-bond acceptors (Lipinski definition) is 5. The lowest BCUT2D eigenvalue weighted by Crippen LogP contribution is -2.28. The Morgan fingerprint density at radius 2 is 2.16 bits per heavy atom. The topological polar surface area (TPSA) is 63.8 Å². The molecule has 0 bridgehead atoms. The minimum Gasteiger partial charge on any atom is -0.271 e. The van der Waals surface area contributed by atoms with Gasteiger partial charge in [0.05, 0.1) is 16.6 Å². The lowest BCUT2D eigenvalue weighted by Gasteiger charge is -2.23. The summed E-state index contributed by atoms with van der Waals surface area (Å²) in [6.07, 6.45) is 11.6. The predicted molar refractivity (Wildman–Crippen MR) is 79.8 cm³/mol. The van der Waals surface area contributed by atoms with Crippen molar-refractivity contribution in [2.45, 2.75) is 70.8 Å². The van der Waals surface area contributed by atoms with Crippen LogP contribution in [0.5, 0.6) is 0 Å². The minimum absolute atomic E-state index is 0.239. The molecule has 0 saturated heterocycles. The summed E-state index contributed by atoms with van der Waals surface area (Å²) in [5, 5.41) is 4.24. The van der Waals surface area contributed by atoms with Gasteiger partial charge in [-0.05, 0) is 36.7 Å². The van der Waals surface area contributed by atoms with Crippen LogP contribution in [0.4, 0.5) is 0 Å². The van der Waals surface area contributed by atoms with Gasteiger partial charge >= 0.3 is 0 Å². The molecule has 1 aliphatic carbocycles. The molecule has 1 aromatic heterocycles. The van der Waals surface area contributed by atoms with Gasteiger partial charge in [0.25, 0.3) is 0 Å². The first kappa shape index (κ1) is 14.9. The molecule has 108 valence electrons. The lowest BCUT2D eigenvalue weighted by atomic mass is 9.85. The molecule has 1 aliphatic rings. The number of nitrogens with zero attached hydrogens (tertiary/aromatic N) is 2. The molecular weight excluding hydrogens is 256 g/mol. The molecule has 0 aromatic carbocycles. The monoisotopic (exact) mass is 282 g/mol. The Balaban J connectivity index is 1.89. The molecule has 3 N–H and O–H groups in total. The number of aromatic nitrogens is 2. The SMILES string of the molecule is CCCc1nnsc1C(CCC1CCCCC1)NN. The van der Waals surface area contributed by atoms with Crippen molar-refractivity contribution in [1.82, 2.24) is 15.0 Å². The summed E-state index contributed by atoms with van der Waals surface area (Å²) in [6.45, 7) is 2.18. The molecule has 5 heteroatoms. The van der Waals surface area contributed by atoms with Crippen molar-refractivity contribution in [1.29, 1.82) is 0 Å². The number of hydrogen-bond donors (Lipinski definition) is 2. The van der Waals surface area contributed by atoms with Crippen molar-refractivity contribution in [2.24, 2.45) is 11.8 Å². The average molecular weight is 282 g/mol. The molecule has 0 radical (unpaired) electrons. The van der Waals surface area contributed by atoms with E-state index in [4.69, 9.17) is 5.84 Å². The molecule has 0 amide bonds. The van der Waals surface area contributed by atoms with E-state index in [1.54, 1.807) is 0 Å². The van der Waals surface area contributed by atoms with Crippen LogP contribution in [-0.2, 0) is 6.42 Å². The zero-order chi connectivity index (χ0) is 13.5. The second kappa shape index (κ2) is 7.92. The third-order valence-electron chi connectivity index (χ3n) is 4.18. The molecule has 1 saturated carbocycles. The average Bonchev–Trinajstić information content (AvgIpc) is 2.90. The lowest BCUT2D eigenvalue weighted by molar-refractivity contribution is 0.315. The van der Waals surface area contributed by atoms with Crippen LogP contribution in [0.1, 0.15) is 74.9 Å². The van der Waals surface area contributed by atoms with E-state index in [2.05, 4.69) is 21.9 Å². The van der Waals surface area contributed by atoms with E-state index >= 15 is 0 Å². The van der Waals surface area contributed by atoms with E-state index in [1.807, 2.05) is 0 Å². The molecule has 1 heterocycles. The second-order valence-electron chi connectivity index (χ2n) is 5.63. The quantitative estimate of drug-likeness (QED) is 0.594. The summed E-state index contributed by atoms with van der Waals surface area (Å²) in [4.78, 5) is 1.25. The van der Waals surface area contributed by atoms with E-state index in [-0.39, 0.29) is 6.04 Å². The first-order valence-electron chi connectivity index (χ1n) is 7.62. The van der Waals surface area contributed by atoms with E-state index in [0.717, 1.165) is 30.9 Å². The highest BCUT2D eigenvalue weighted by atomic mass is 32.1. The van der Waals surface area contributed by atoms with Crippen LogP contribution in [0.25, 0.3) is 0 Å². The summed E-state index contributed by atoms with van der Waals surface area (Å²) < 4.78 is 4.10. The van der Waals surface area contributed by atoms with Gasteiger partial charge in [0, 0.05) is 0 Å². The molecule has 0 spiro atoms. The summed E-state index contributed by atoms with van der Waals surface area (Å²) >= 11 is 1.51. The van der Waals surface area contributed by atoms with Gasteiger partial charge in [-0.15, -0.1) is 5.10 Å². The Kier molecular flexibility index (Phi) is 6.20. The van der Waals surface area contributed by atoms with Crippen molar-refractivity contribution in [3.05, 3.63) is 10.6 Å². The van der Waals surface area contributed by atoms with Crippen LogP contribution in [0.2, 0.25) is 0 Å². The van der Waals surface area contributed by atoms with Crippen LogP contribution in [0.15, 0.2) is 0 Å². The van der Waals surface area contributed by atoms with E-state index < -0.39 is 0 Å². The van der Waals surface area contributed by atoms with Crippen molar-refractivity contribution >= 4 is 11.5 Å². The third-order valence-corrected chi connectivity index (χ3v) is 5.06. The zero-order valence-electron chi connectivity index (χ0n) is 11.9. The first-order valence-corrected chi connectivity index (χ1v) is 8.39. The molecule has 2 rings (SSSR count). The number of rotatable bonds is 7. The summed E-state index contributed by atoms with van der Waals surface area (Å²) in [6, 6.07) is 0.239. The minimum atomic E-state index is 0.239. The predicted octanol–water partition coefficient (Wildman–Crippen LogP) is 3.36. The van der Waals surface area contributed by atoms with Gasteiger partial charge in [0.2, 0.25) is 0 Å². The molecule has 19 heavy (non-hydrogen) atoms. The molecule has 1 aromatic rings. The normalized spacial score (nSPS) is 18.6. The fraction of sp³-hybridized carbons (Fsp3) is 0.857. The molecule has 1 fully saturated rings. The van der Waals surface area contributed by atoms with E-state index in [9.17, 15) is 0 Å². The van der Waals surface area contributed by atoms with Gasteiger partial charge in [-0.25, -0.2) is 0 Å². The largest absolute Gasteiger partial charge is 0.271 e. The van der Waals surface area contributed by atoms with Crippen LogP contribution >= 0.6 is 11.5 Å². The first-order chi connectivity index (χ1) is 9.35. The summed E-state index contributed by atoms with van der Waals surface area (Å²) in [5.74, 6) is 6.65. The van der Waals surface area contributed by atoms with E-state index in [1.165, 1.54) is 54.9 Å².